The van der Waals surface area contributed by atoms with Crippen LogP contribution in [0.25, 0.3) is 97.0 Å². The second-order valence-corrected chi connectivity index (χ2v) is 18.6. The van der Waals surface area contributed by atoms with Crippen LogP contribution in [-0.4, -0.2) is 0 Å². The highest BCUT2D eigenvalue weighted by Gasteiger charge is 2.23. The van der Waals surface area contributed by atoms with Crippen LogP contribution in [0.4, 0.5) is 28.4 Å². The average molecular weight is 891 g/mol. The van der Waals surface area contributed by atoms with E-state index in [1.807, 2.05) is 12.2 Å². The number of benzene rings is 11. The van der Waals surface area contributed by atoms with Crippen LogP contribution in [0.5, 0.6) is 0 Å². The molecule has 0 atom stereocenters. The summed E-state index contributed by atoms with van der Waals surface area (Å²) >= 11 is 0. The van der Waals surface area contributed by atoms with E-state index in [1.165, 1.54) is 97.0 Å². The van der Waals surface area contributed by atoms with E-state index in [0.717, 1.165) is 45.3 Å². The number of rotatable bonds is 9. The molecular weight excluding hydrogens is 845 g/mol. The Morgan fingerprint density at radius 3 is 1.64 bits per heavy atom. The highest BCUT2D eigenvalue weighted by molar-refractivity contribution is 6.41. The summed E-state index contributed by atoms with van der Waals surface area (Å²) in [7, 11) is 0. The minimum Gasteiger partial charge on any atom is -0.310 e. The molecule has 0 aliphatic rings. The third kappa shape index (κ3) is 6.29. The molecule has 2 heteroatoms. The lowest BCUT2D eigenvalue weighted by Crippen LogP contribution is -2.18. The van der Waals surface area contributed by atoms with Gasteiger partial charge in [0, 0.05) is 28.1 Å². The Morgan fingerprint density at radius 1 is 0.429 bits per heavy atom. The molecule has 0 aliphatic heterocycles. The van der Waals surface area contributed by atoms with Gasteiger partial charge in [-0.25, -0.2) is 0 Å². The molecule has 70 heavy (non-hydrogen) atoms. The summed E-state index contributed by atoms with van der Waals surface area (Å²) in [5.74, 6) is 2.69. The first-order chi connectivity index (χ1) is 34.5. The molecule has 0 aliphatic carbocycles. The maximum atomic E-state index is 5.74. The second kappa shape index (κ2) is 16.3. The number of anilines is 5. The summed E-state index contributed by atoms with van der Waals surface area (Å²) in [6.07, 6.45) is 13.5. The van der Waals surface area contributed by atoms with Gasteiger partial charge in [-0.1, -0.05) is 145 Å². The zero-order chi connectivity index (χ0) is 47.0. The van der Waals surface area contributed by atoms with Crippen molar-refractivity contribution in [3.63, 3.8) is 0 Å². The van der Waals surface area contributed by atoms with Crippen LogP contribution in [-0.2, 0) is 0 Å². The van der Waals surface area contributed by atoms with Crippen molar-refractivity contribution in [3.05, 3.63) is 248 Å². The Morgan fingerprint density at radius 2 is 0.971 bits per heavy atom. The third-order valence-corrected chi connectivity index (χ3v) is 14.5. The van der Waals surface area contributed by atoms with Gasteiger partial charge in [0.2, 0.25) is 0 Å². The fraction of sp³-hybridized carbons (Fsp3) is 0.0294. The Kier molecular flexibility index (Phi) is 9.54. The summed E-state index contributed by atoms with van der Waals surface area (Å²) in [6, 6.07) is 74.0. The van der Waals surface area contributed by atoms with Crippen LogP contribution in [0.3, 0.4) is 0 Å². The molecule has 0 N–H and O–H groups in total. The fourth-order valence-corrected chi connectivity index (χ4v) is 11.5. The van der Waals surface area contributed by atoms with E-state index in [0.29, 0.717) is 0 Å². The van der Waals surface area contributed by atoms with Crippen molar-refractivity contribution < 1.29 is 0 Å². The quantitative estimate of drug-likeness (QED) is 0.0809. The highest BCUT2D eigenvalue weighted by Crippen LogP contribution is 2.50. The molecule has 13 aromatic carbocycles. The predicted molar refractivity (Wildman–Crippen MR) is 304 cm³/mol. The lowest BCUT2D eigenvalue weighted by atomic mass is 9.93. The molecule has 0 saturated carbocycles. The van der Waals surface area contributed by atoms with Crippen LogP contribution in [0.2, 0.25) is 0 Å². The normalized spacial score (nSPS) is 12.2. The first kappa shape index (κ1) is 41.1. The van der Waals surface area contributed by atoms with Gasteiger partial charge in [-0.05, 0) is 208 Å². The summed E-state index contributed by atoms with van der Waals surface area (Å²) in [5.41, 5.74) is 8.72. The van der Waals surface area contributed by atoms with Gasteiger partial charge in [0.1, 0.15) is 0 Å². The topological polar surface area (TPSA) is 6.48 Å². The van der Waals surface area contributed by atoms with Gasteiger partial charge in [0.05, 0.1) is 11.4 Å². The van der Waals surface area contributed by atoms with Gasteiger partial charge in [0.15, 0.2) is 0 Å². The van der Waals surface area contributed by atoms with E-state index >= 15 is 0 Å². The Hall–Kier alpha value is -9.16. The Balaban J connectivity index is 1.01. The maximum absolute atomic E-state index is 5.74. The number of allylic oxidation sites excluding steroid dienone is 5. The molecule has 13 rings (SSSR count). The summed E-state index contributed by atoms with van der Waals surface area (Å²) < 4.78 is 0. The van der Waals surface area contributed by atoms with E-state index in [1.54, 1.807) is 6.08 Å². The van der Waals surface area contributed by atoms with Crippen LogP contribution >= 0.6 is 0 Å². The molecule has 2 nitrogen and oxygen atoms in total. The molecule has 328 valence electrons. The number of hydrogen-bond donors (Lipinski definition) is 0. The standard InChI is InChI=1S/C68H46N2/c1-5-7-26-51(43(3)4)65(19-6-2)69(47-22-10-8-11-23-47)49-34-33-45-38-59-58(39-46(45)37-49)54-28-17-31-57-61-41-63-53-36-35-50(40-60(53)55-29-18-30-56(67(55)63)62(61)42-64(59)68(54)57)70(48-24-12-9-13-25-48)66-32-16-21-44-20-14-15-27-52(44)66/h1,6-42H,2H2,3-4H3/b26-7-,65-19+. The minimum absolute atomic E-state index is 0.998. The van der Waals surface area contributed by atoms with E-state index in [2.05, 4.69) is 242 Å². The van der Waals surface area contributed by atoms with E-state index < -0.39 is 0 Å². The molecule has 0 heterocycles. The smallest absolute Gasteiger partial charge is 0.0540 e. The SMILES string of the molecule is C#C/C=C\C(=C(C)C)/C(=C\C=C)N(c1ccccc1)c1ccc2cc3c(cc2c1)c1cccc2c4cc5c6ccc(N(c7ccccc7)c7cccc8ccccc78)cc6c6cccc(c4cc3c12)c65. The number of hydrogen-bond acceptors (Lipinski definition) is 2. The van der Waals surface area contributed by atoms with Crippen molar-refractivity contribution in [2.45, 2.75) is 13.8 Å². The van der Waals surface area contributed by atoms with Crippen molar-refractivity contribution in [1.29, 1.82) is 0 Å². The molecule has 0 amide bonds. The first-order valence-electron chi connectivity index (χ1n) is 24.0. The summed E-state index contributed by atoms with van der Waals surface area (Å²) in [6.45, 7) is 8.37. The van der Waals surface area contributed by atoms with Crippen molar-refractivity contribution in [2.75, 3.05) is 9.80 Å². The van der Waals surface area contributed by atoms with Crippen LogP contribution in [0, 0.1) is 12.3 Å². The van der Waals surface area contributed by atoms with Crippen molar-refractivity contribution >= 4 is 125 Å². The lowest BCUT2D eigenvalue weighted by molar-refractivity contribution is 1.15. The zero-order valence-corrected chi connectivity index (χ0v) is 39.0. The minimum atomic E-state index is 0.998. The van der Waals surface area contributed by atoms with Crippen molar-refractivity contribution in [1.82, 2.24) is 0 Å². The molecule has 0 fully saturated rings. The van der Waals surface area contributed by atoms with Crippen LogP contribution < -0.4 is 9.80 Å². The van der Waals surface area contributed by atoms with E-state index in [-0.39, 0.29) is 0 Å². The van der Waals surface area contributed by atoms with Crippen molar-refractivity contribution in [3.8, 4) is 12.3 Å². The Bertz CT molecular complexity index is 4380. The molecule has 0 saturated heterocycles. The zero-order valence-electron chi connectivity index (χ0n) is 39.0. The molecular formula is C68H46N2. The van der Waals surface area contributed by atoms with Gasteiger partial charge in [-0.2, -0.15) is 0 Å². The number of para-hydroxylation sites is 2. The summed E-state index contributed by atoms with van der Waals surface area (Å²) in [5, 5.41) is 22.8. The fourth-order valence-electron chi connectivity index (χ4n) is 11.5. The van der Waals surface area contributed by atoms with Gasteiger partial charge < -0.3 is 9.80 Å². The average Bonchev–Trinajstić information content (AvgIpc) is 3.89. The molecule has 0 radical (unpaired) electrons. The number of fused-ring (bicyclic) bond motifs is 11. The highest BCUT2D eigenvalue weighted by atomic mass is 15.2. The molecule has 0 unspecified atom stereocenters. The largest absolute Gasteiger partial charge is 0.310 e. The monoisotopic (exact) mass is 890 g/mol. The van der Waals surface area contributed by atoms with Gasteiger partial charge >= 0.3 is 0 Å². The van der Waals surface area contributed by atoms with Gasteiger partial charge in [-0.15, -0.1) is 6.42 Å². The van der Waals surface area contributed by atoms with Gasteiger partial charge in [-0.3, -0.25) is 0 Å². The molecule has 0 aromatic heterocycles. The van der Waals surface area contributed by atoms with Crippen molar-refractivity contribution in [2.24, 2.45) is 0 Å². The van der Waals surface area contributed by atoms with E-state index in [4.69, 9.17) is 6.42 Å². The Labute approximate surface area is 407 Å². The molecule has 13 aromatic rings. The molecule has 0 spiro atoms. The van der Waals surface area contributed by atoms with Crippen LogP contribution in [0.15, 0.2) is 248 Å². The maximum Gasteiger partial charge on any atom is 0.0540 e. The summed E-state index contributed by atoms with van der Waals surface area (Å²) in [4.78, 5) is 4.72. The lowest BCUT2D eigenvalue weighted by Gasteiger charge is -2.29. The third-order valence-electron chi connectivity index (χ3n) is 14.5. The number of nitrogens with zero attached hydrogens (tertiary/aromatic N) is 2. The number of terminal acetylenes is 1. The molecule has 0 bridgehead atoms. The van der Waals surface area contributed by atoms with Gasteiger partial charge in [0.25, 0.3) is 0 Å². The first-order valence-corrected chi connectivity index (χ1v) is 24.0. The second-order valence-electron chi connectivity index (χ2n) is 18.6. The predicted octanol–water partition coefficient (Wildman–Crippen LogP) is 19.1. The van der Waals surface area contributed by atoms with E-state index in [9.17, 15) is 0 Å². The van der Waals surface area contributed by atoms with Crippen LogP contribution in [0.1, 0.15) is 13.8 Å².